The van der Waals surface area contributed by atoms with Crippen molar-refractivity contribution in [2.75, 3.05) is 24.1 Å². The van der Waals surface area contributed by atoms with Gasteiger partial charge in [0.05, 0.1) is 12.9 Å². The zero-order chi connectivity index (χ0) is 14.3. The largest absolute Gasteiger partial charge is 0.497 e. The number of amides is 1. The van der Waals surface area contributed by atoms with E-state index in [1.54, 1.807) is 31.4 Å². The minimum Gasteiger partial charge on any atom is -0.497 e. The summed E-state index contributed by atoms with van der Waals surface area (Å²) < 4.78 is 30.9. The first-order valence-electron chi connectivity index (χ1n) is 5.82. The summed E-state index contributed by atoms with van der Waals surface area (Å²) in [5.74, 6) is 0.452. The summed E-state index contributed by atoms with van der Waals surface area (Å²) >= 11 is 0. The first kappa shape index (κ1) is 15.3. The summed E-state index contributed by atoms with van der Waals surface area (Å²) in [7, 11) is -1.85. The van der Waals surface area contributed by atoms with Crippen LogP contribution >= 0.6 is 0 Å². The van der Waals surface area contributed by atoms with Crippen molar-refractivity contribution in [1.82, 2.24) is 5.32 Å². The Morgan fingerprint density at radius 3 is 2.42 bits per heavy atom. The van der Waals surface area contributed by atoms with Crippen LogP contribution in [-0.2, 0) is 14.8 Å². The van der Waals surface area contributed by atoms with Crippen LogP contribution in [0.15, 0.2) is 24.3 Å². The highest BCUT2D eigenvalue weighted by atomic mass is 32.2. The molecule has 0 aliphatic heterocycles. The Hall–Kier alpha value is -1.76. The van der Waals surface area contributed by atoms with E-state index < -0.39 is 10.0 Å². The molecule has 19 heavy (non-hydrogen) atoms. The van der Waals surface area contributed by atoms with E-state index in [1.165, 1.54) is 6.92 Å². The lowest BCUT2D eigenvalue weighted by atomic mass is 10.3. The zero-order valence-electron chi connectivity index (χ0n) is 11.0. The zero-order valence-corrected chi connectivity index (χ0v) is 11.8. The number of methoxy groups -OCH3 is 1. The van der Waals surface area contributed by atoms with E-state index in [-0.39, 0.29) is 11.7 Å². The van der Waals surface area contributed by atoms with Crippen LogP contribution in [0.1, 0.15) is 13.3 Å². The number of carbonyl (C=O) groups is 1. The van der Waals surface area contributed by atoms with Crippen LogP contribution in [0.3, 0.4) is 0 Å². The van der Waals surface area contributed by atoms with Gasteiger partial charge >= 0.3 is 0 Å². The predicted molar refractivity (Wildman–Crippen MR) is 73.7 cm³/mol. The molecule has 0 saturated carbocycles. The highest BCUT2D eigenvalue weighted by Crippen LogP contribution is 2.16. The molecule has 1 amide bonds. The fourth-order valence-electron chi connectivity index (χ4n) is 1.42. The normalized spacial score (nSPS) is 10.8. The van der Waals surface area contributed by atoms with Crippen molar-refractivity contribution >= 4 is 21.6 Å². The van der Waals surface area contributed by atoms with Crippen LogP contribution in [0.25, 0.3) is 0 Å². The number of hydrogen-bond donors (Lipinski definition) is 2. The van der Waals surface area contributed by atoms with Gasteiger partial charge < -0.3 is 10.1 Å². The summed E-state index contributed by atoms with van der Waals surface area (Å²) in [5.41, 5.74) is 0.486. The molecule has 0 spiro atoms. The third-order valence-corrected chi connectivity index (χ3v) is 3.70. The second-order valence-electron chi connectivity index (χ2n) is 3.99. The van der Waals surface area contributed by atoms with Gasteiger partial charge in [0.2, 0.25) is 15.9 Å². The van der Waals surface area contributed by atoms with Crippen LogP contribution in [0.2, 0.25) is 0 Å². The van der Waals surface area contributed by atoms with Crippen molar-refractivity contribution in [1.29, 1.82) is 0 Å². The monoisotopic (exact) mass is 286 g/mol. The van der Waals surface area contributed by atoms with Gasteiger partial charge in [-0.3, -0.25) is 9.52 Å². The van der Waals surface area contributed by atoms with Gasteiger partial charge in [0.1, 0.15) is 5.75 Å². The van der Waals surface area contributed by atoms with Crippen LogP contribution in [0, 0.1) is 0 Å². The fraction of sp³-hybridized carbons (Fsp3) is 0.417. The lowest BCUT2D eigenvalue weighted by Crippen LogP contribution is -2.24. The first-order valence-corrected chi connectivity index (χ1v) is 7.47. The Labute approximate surface area is 113 Å². The number of ether oxygens (including phenoxy) is 1. The Morgan fingerprint density at radius 1 is 1.26 bits per heavy atom. The van der Waals surface area contributed by atoms with Crippen molar-refractivity contribution < 1.29 is 17.9 Å². The molecule has 7 heteroatoms. The van der Waals surface area contributed by atoms with Crippen molar-refractivity contribution in [2.24, 2.45) is 0 Å². The molecule has 0 unspecified atom stereocenters. The second-order valence-corrected chi connectivity index (χ2v) is 5.83. The second kappa shape index (κ2) is 6.98. The third kappa shape index (κ3) is 6.10. The van der Waals surface area contributed by atoms with Crippen LogP contribution < -0.4 is 14.8 Å². The van der Waals surface area contributed by atoms with Crippen LogP contribution in [0.4, 0.5) is 5.69 Å². The average molecular weight is 286 g/mol. The van der Waals surface area contributed by atoms with E-state index in [4.69, 9.17) is 4.74 Å². The van der Waals surface area contributed by atoms with Gasteiger partial charge in [-0.1, -0.05) is 0 Å². The Bertz CT molecular complexity index is 511. The molecule has 0 aliphatic rings. The molecule has 0 aromatic heterocycles. The van der Waals surface area contributed by atoms with E-state index in [0.717, 1.165) is 0 Å². The molecule has 106 valence electrons. The summed E-state index contributed by atoms with van der Waals surface area (Å²) in [4.78, 5) is 10.6. The van der Waals surface area contributed by atoms with Gasteiger partial charge in [0, 0.05) is 19.2 Å². The van der Waals surface area contributed by atoms with Gasteiger partial charge in [0.25, 0.3) is 0 Å². The van der Waals surface area contributed by atoms with Crippen molar-refractivity contribution in [3.05, 3.63) is 24.3 Å². The molecule has 1 aromatic carbocycles. The minimum absolute atomic E-state index is 0.0424. The van der Waals surface area contributed by atoms with Gasteiger partial charge in [-0.15, -0.1) is 0 Å². The molecular formula is C12H18N2O4S. The van der Waals surface area contributed by atoms with E-state index in [2.05, 4.69) is 10.0 Å². The maximum absolute atomic E-state index is 11.7. The van der Waals surface area contributed by atoms with Gasteiger partial charge in [0.15, 0.2) is 0 Å². The SMILES string of the molecule is COc1ccc(NS(=O)(=O)CCCNC(C)=O)cc1. The molecule has 0 atom stereocenters. The van der Waals surface area contributed by atoms with Gasteiger partial charge in [-0.2, -0.15) is 0 Å². The molecule has 0 heterocycles. The number of sulfonamides is 1. The molecule has 0 saturated heterocycles. The maximum Gasteiger partial charge on any atom is 0.232 e. The standard InChI is InChI=1S/C12H18N2O4S/c1-10(15)13-8-3-9-19(16,17)14-11-4-6-12(18-2)7-5-11/h4-7,14H,3,8-9H2,1-2H3,(H,13,15). The molecule has 0 radical (unpaired) electrons. The summed E-state index contributed by atoms with van der Waals surface area (Å²) in [5, 5.41) is 2.55. The molecule has 0 aliphatic carbocycles. The minimum atomic E-state index is -3.39. The third-order valence-electron chi connectivity index (χ3n) is 2.33. The van der Waals surface area contributed by atoms with E-state index >= 15 is 0 Å². The molecule has 6 nitrogen and oxygen atoms in total. The number of anilines is 1. The Kier molecular flexibility index (Phi) is 5.62. The van der Waals surface area contributed by atoms with Crippen molar-refractivity contribution in [3.8, 4) is 5.75 Å². The summed E-state index contributed by atoms with van der Waals surface area (Å²) in [6.45, 7) is 1.74. The predicted octanol–water partition coefficient (Wildman–Crippen LogP) is 0.963. The molecule has 1 aromatic rings. The average Bonchev–Trinajstić information content (AvgIpc) is 2.35. The molecule has 1 rings (SSSR count). The number of carbonyl (C=O) groups excluding carboxylic acids is 1. The lowest BCUT2D eigenvalue weighted by molar-refractivity contribution is -0.118. The molecule has 0 bridgehead atoms. The van der Waals surface area contributed by atoms with Gasteiger partial charge in [-0.05, 0) is 30.7 Å². The summed E-state index contributed by atoms with van der Waals surface area (Å²) in [6, 6.07) is 6.61. The van der Waals surface area contributed by atoms with Crippen LogP contribution in [0.5, 0.6) is 5.75 Å². The number of benzene rings is 1. The quantitative estimate of drug-likeness (QED) is 0.731. The van der Waals surface area contributed by atoms with Crippen LogP contribution in [-0.4, -0.2) is 33.7 Å². The first-order chi connectivity index (χ1) is 8.93. The van der Waals surface area contributed by atoms with Gasteiger partial charge in [-0.25, -0.2) is 8.42 Å². The molecular weight excluding hydrogens is 268 g/mol. The fourth-order valence-corrected chi connectivity index (χ4v) is 2.54. The Morgan fingerprint density at radius 2 is 1.89 bits per heavy atom. The van der Waals surface area contributed by atoms with Crippen molar-refractivity contribution in [2.45, 2.75) is 13.3 Å². The molecule has 2 N–H and O–H groups in total. The number of rotatable bonds is 7. The van der Waals surface area contributed by atoms with E-state index in [9.17, 15) is 13.2 Å². The highest BCUT2D eigenvalue weighted by molar-refractivity contribution is 7.92. The van der Waals surface area contributed by atoms with Crippen molar-refractivity contribution in [3.63, 3.8) is 0 Å². The highest BCUT2D eigenvalue weighted by Gasteiger charge is 2.10. The molecule has 0 fully saturated rings. The van der Waals surface area contributed by atoms with E-state index in [1.807, 2.05) is 0 Å². The maximum atomic E-state index is 11.7. The number of hydrogen-bond acceptors (Lipinski definition) is 4. The van der Waals surface area contributed by atoms with E-state index in [0.29, 0.717) is 24.4 Å². The summed E-state index contributed by atoms with van der Waals surface area (Å²) in [6.07, 6.45) is 0.366. The lowest BCUT2D eigenvalue weighted by Gasteiger charge is -2.08. The Balaban J connectivity index is 2.46. The topological polar surface area (TPSA) is 84.5 Å². The smallest absolute Gasteiger partial charge is 0.232 e. The number of nitrogens with one attached hydrogen (secondary N) is 2.